The summed E-state index contributed by atoms with van der Waals surface area (Å²) < 4.78 is 21.8. The first-order valence-corrected chi connectivity index (χ1v) is 12.9. The van der Waals surface area contributed by atoms with Crippen molar-refractivity contribution in [3.8, 4) is 11.5 Å². The Kier molecular flexibility index (Phi) is 13.6. The van der Waals surface area contributed by atoms with E-state index in [4.69, 9.17) is 18.9 Å². The van der Waals surface area contributed by atoms with E-state index in [1.807, 2.05) is 6.92 Å². The zero-order chi connectivity index (χ0) is 25.3. The Morgan fingerprint density at radius 3 is 1.86 bits per heavy atom. The topological polar surface area (TPSA) is 71.1 Å². The minimum Gasteiger partial charge on any atom is -0.494 e. The van der Waals surface area contributed by atoms with Gasteiger partial charge in [0.05, 0.1) is 24.3 Å². The molecule has 35 heavy (non-hydrogen) atoms. The van der Waals surface area contributed by atoms with E-state index < -0.39 is 11.9 Å². The summed E-state index contributed by atoms with van der Waals surface area (Å²) in [6.07, 6.45) is 9.73. The van der Waals surface area contributed by atoms with Crippen molar-refractivity contribution in [2.45, 2.75) is 78.2 Å². The van der Waals surface area contributed by atoms with E-state index in [2.05, 4.69) is 6.92 Å². The van der Waals surface area contributed by atoms with Crippen LogP contribution in [0.1, 0.15) is 92.9 Å². The third-order valence-corrected chi connectivity index (χ3v) is 5.52. The van der Waals surface area contributed by atoms with Crippen LogP contribution >= 0.6 is 0 Å². The van der Waals surface area contributed by atoms with E-state index in [1.165, 1.54) is 44.9 Å². The van der Waals surface area contributed by atoms with Crippen LogP contribution in [-0.2, 0) is 9.47 Å². The highest BCUT2D eigenvalue weighted by Crippen LogP contribution is 2.18. The molecule has 0 saturated heterocycles. The van der Waals surface area contributed by atoms with Crippen LogP contribution in [0.2, 0.25) is 0 Å². The lowest BCUT2D eigenvalue weighted by Crippen LogP contribution is -2.20. The monoisotopic (exact) mass is 484 g/mol. The zero-order valence-corrected chi connectivity index (χ0v) is 21.4. The molecule has 192 valence electrons. The molecule has 0 fully saturated rings. The zero-order valence-electron chi connectivity index (χ0n) is 21.4. The average Bonchev–Trinajstić information content (AvgIpc) is 2.87. The van der Waals surface area contributed by atoms with Crippen molar-refractivity contribution >= 4 is 11.9 Å². The molecule has 0 aromatic heterocycles. The van der Waals surface area contributed by atoms with Gasteiger partial charge in [-0.05, 0) is 68.8 Å². The van der Waals surface area contributed by atoms with Gasteiger partial charge in [-0.2, -0.15) is 0 Å². The Hall–Kier alpha value is -2.86. The van der Waals surface area contributed by atoms with Gasteiger partial charge in [-0.15, -0.1) is 0 Å². The number of unbranched alkanes of at least 4 members (excludes halogenated alkanes) is 7. The van der Waals surface area contributed by atoms with Crippen LogP contribution in [0, 0.1) is 0 Å². The van der Waals surface area contributed by atoms with Gasteiger partial charge in [-0.25, -0.2) is 9.59 Å². The fourth-order valence-corrected chi connectivity index (χ4v) is 3.51. The van der Waals surface area contributed by atoms with Crippen molar-refractivity contribution in [1.82, 2.24) is 0 Å². The van der Waals surface area contributed by atoms with Crippen LogP contribution in [0.4, 0.5) is 0 Å². The molecular weight excluding hydrogens is 444 g/mol. The first-order chi connectivity index (χ1) is 17.0. The third-order valence-electron chi connectivity index (χ3n) is 5.52. The molecular formula is C29H40O6. The van der Waals surface area contributed by atoms with Gasteiger partial charge in [-0.1, -0.05) is 51.9 Å². The number of hydrogen-bond donors (Lipinski definition) is 0. The van der Waals surface area contributed by atoms with Crippen LogP contribution in [0.3, 0.4) is 0 Å². The minimum atomic E-state index is -0.472. The first kappa shape index (κ1) is 28.4. The summed E-state index contributed by atoms with van der Waals surface area (Å²) in [4.78, 5) is 24.6. The van der Waals surface area contributed by atoms with E-state index in [9.17, 15) is 9.59 Å². The molecule has 0 radical (unpaired) electrons. The molecule has 0 aliphatic heterocycles. The molecule has 6 nitrogen and oxygen atoms in total. The molecule has 2 aromatic rings. The van der Waals surface area contributed by atoms with Crippen molar-refractivity contribution in [3.63, 3.8) is 0 Å². The fraction of sp³-hybridized carbons (Fsp3) is 0.517. The Labute approximate surface area is 209 Å². The second-order valence-corrected chi connectivity index (χ2v) is 8.64. The standard InChI is InChI=1S/C29H40O6/c1-4-6-7-8-9-10-11-12-21-33-26-17-13-25(14-18-26)29(31)35-27-19-15-24(16-20-27)28(30)34-23(3)22-32-5-2/h13-20,23H,4-12,21-22H2,1-3H3. The quantitative estimate of drug-likeness (QED) is 0.137. The number of ether oxygens (including phenoxy) is 4. The Morgan fingerprint density at radius 1 is 0.714 bits per heavy atom. The molecule has 0 N–H and O–H groups in total. The second kappa shape index (κ2) is 16.7. The van der Waals surface area contributed by atoms with Gasteiger partial charge in [0, 0.05) is 6.61 Å². The third kappa shape index (κ3) is 11.4. The first-order valence-electron chi connectivity index (χ1n) is 12.9. The van der Waals surface area contributed by atoms with Gasteiger partial charge in [-0.3, -0.25) is 0 Å². The van der Waals surface area contributed by atoms with Gasteiger partial charge in [0.25, 0.3) is 0 Å². The summed E-state index contributed by atoms with van der Waals surface area (Å²) in [6, 6.07) is 13.2. The molecule has 0 amide bonds. The predicted molar refractivity (Wildman–Crippen MR) is 137 cm³/mol. The molecule has 1 atom stereocenters. The second-order valence-electron chi connectivity index (χ2n) is 8.64. The van der Waals surface area contributed by atoms with Crippen molar-refractivity contribution in [2.75, 3.05) is 19.8 Å². The van der Waals surface area contributed by atoms with E-state index in [0.29, 0.717) is 36.7 Å². The van der Waals surface area contributed by atoms with Gasteiger partial charge < -0.3 is 18.9 Å². The SMILES string of the molecule is CCCCCCCCCCOc1ccc(C(=O)Oc2ccc(C(=O)OC(C)COCC)cc2)cc1. The number of rotatable bonds is 17. The highest BCUT2D eigenvalue weighted by molar-refractivity contribution is 5.92. The van der Waals surface area contributed by atoms with Crippen molar-refractivity contribution in [3.05, 3.63) is 59.7 Å². The molecule has 0 saturated carbocycles. The lowest BCUT2D eigenvalue weighted by molar-refractivity contribution is 0.00439. The van der Waals surface area contributed by atoms with Crippen molar-refractivity contribution in [2.24, 2.45) is 0 Å². The van der Waals surface area contributed by atoms with Crippen LogP contribution in [0.15, 0.2) is 48.5 Å². The largest absolute Gasteiger partial charge is 0.494 e. The predicted octanol–water partition coefficient (Wildman–Crippen LogP) is 7.01. The maximum atomic E-state index is 12.4. The Bertz CT molecular complexity index is 860. The minimum absolute atomic E-state index is 0.341. The molecule has 1 unspecified atom stereocenters. The summed E-state index contributed by atoms with van der Waals surface area (Å²) in [5, 5.41) is 0. The maximum absolute atomic E-state index is 12.4. The molecule has 2 rings (SSSR count). The average molecular weight is 485 g/mol. The fourth-order valence-electron chi connectivity index (χ4n) is 3.51. The lowest BCUT2D eigenvalue weighted by atomic mass is 10.1. The van der Waals surface area contributed by atoms with Crippen molar-refractivity contribution < 1.29 is 28.5 Å². The summed E-state index contributed by atoms with van der Waals surface area (Å²) >= 11 is 0. The van der Waals surface area contributed by atoms with Gasteiger partial charge in [0.1, 0.15) is 17.6 Å². The normalized spacial score (nSPS) is 11.6. The van der Waals surface area contributed by atoms with Gasteiger partial charge >= 0.3 is 11.9 Å². The molecule has 0 bridgehead atoms. The van der Waals surface area contributed by atoms with Crippen LogP contribution in [0.25, 0.3) is 0 Å². The number of hydrogen-bond acceptors (Lipinski definition) is 6. The summed E-state index contributed by atoms with van der Waals surface area (Å²) in [5.41, 5.74) is 0.809. The Balaban J connectivity index is 1.71. The van der Waals surface area contributed by atoms with E-state index >= 15 is 0 Å². The lowest BCUT2D eigenvalue weighted by Gasteiger charge is -2.13. The van der Waals surface area contributed by atoms with Crippen LogP contribution in [0.5, 0.6) is 11.5 Å². The highest BCUT2D eigenvalue weighted by atomic mass is 16.6. The smallest absolute Gasteiger partial charge is 0.343 e. The molecule has 0 aliphatic carbocycles. The Morgan fingerprint density at radius 2 is 1.26 bits per heavy atom. The number of carbonyl (C=O) groups excluding carboxylic acids is 2. The summed E-state index contributed by atoms with van der Waals surface area (Å²) in [7, 11) is 0. The van der Waals surface area contributed by atoms with Gasteiger partial charge in [0.15, 0.2) is 0 Å². The van der Waals surface area contributed by atoms with E-state index in [0.717, 1.165) is 12.2 Å². The van der Waals surface area contributed by atoms with Gasteiger partial charge in [0.2, 0.25) is 0 Å². The number of carbonyl (C=O) groups is 2. The molecule has 0 spiro atoms. The summed E-state index contributed by atoms with van der Waals surface area (Å²) in [5.74, 6) is 0.174. The van der Waals surface area contributed by atoms with Crippen molar-refractivity contribution in [1.29, 1.82) is 0 Å². The number of esters is 2. The van der Waals surface area contributed by atoms with Crippen LogP contribution in [-0.4, -0.2) is 37.9 Å². The molecule has 2 aromatic carbocycles. The van der Waals surface area contributed by atoms with E-state index in [1.54, 1.807) is 55.5 Å². The number of benzene rings is 2. The van der Waals surface area contributed by atoms with Crippen LogP contribution < -0.4 is 9.47 Å². The highest BCUT2D eigenvalue weighted by Gasteiger charge is 2.14. The summed E-state index contributed by atoms with van der Waals surface area (Å²) in [6.45, 7) is 7.49. The molecule has 0 aliphatic rings. The molecule has 6 heteroatoms. The molecule has 0 heterocycles. The van der Waals surface area contributed by atoms with E-state index in [-0.39, 0.29) is 6.10 Å². The maximum Gasteiger partial charge on any atom is 0.343 e.